The zero-order valence-electron chi connectivity index (χ0n) is 12.4. The Kier molecular flexibility index (Phi) is 4.21. The van der Waals surface area contributed by atoms with E-state index in [1.54, 1.807) is 0 Å². The highest BCUT2D eigenvalue weighted by atomic mass is 79.9. The molecule has 0 saturated carbocycles. The normalized spacial score (nSPS) is 28.9. The number of nitrogens with one attached hydrogen (secondary N) is 1. The SMILES string of the molecule is CC1(C)CC(NC2CCc3cc(Br)ccc3C2)CCO1. The number of aryl methyl sites for hydroxylation is 1. The second-order valence-corrected chi connectivity index (χ2v) is 7.73. The standard InChI is InChI=1S/C17H24BrNO/c1-17(2)11-16(7-8-20-17)19-15-6-4-12-9-14(18)5-3-13(12)10-15/h3,5,9,15-16,19H,4,6-8,10-11H2,1-2H3. The number of fused-ring (bicyclic) bond motifs is 1. The summed E-state index contributed by atoms with van der Waals surface area (Å²) in [4.78, 5) is 0. The Hall–Kier alpha value is -0.380. The third-order valence-corrected chi connectivity index (χ3v) is 5.06. The molecule has 0 amide bonds. The van der Waals surface area contributed by atoms with Gasteiger partial charge in [-0.1, -0.05) is 22.0 Å². The summed E-state index contributed by atoms with van der Waals surface area (Å²) in [6, 6.07) is 7.96. The van der Waals surface area contributed by atoms with E-state index >= 15 is 0 Å². The second kappa shape index (κ2) is 5.78. The molecule has 2 nitrogen and oxygen atoms in total. The summed E-state index contributed by atoms with van der Waals surface area (Å²) in [5.74, 6) is 0. The predicted octanol–water partition coefficient (Wildman–Crippen LogP) is 3.85. The Morgan fingerprint density at radius 3 is 2.85 bits per heavy atom. The molecule has 1 aliphatic heterocycles. The van der Waals surface area contributed by atoms with E-state index in [9.17, 15) is 0 Å². The van der Waals surface area contributed by atoms with Crippen LogP contribution in [0.25, 0.3) is 0 Å². The van der Waals surface area contributed by atoms with Crippen molar-refractivity contribution in [3.8, 4) is 0 Å². The highest BCUT2D eigenvalue weighted by Crippen LogP contribution is 2.28. The van der Waals surface area contributed by atoms with Crippen molar-refractivity contribution in [3.63, 3.8) is 0 Å². The lowest BCUT2D eigenvalue weighted by atomic mass is 9.86. The molecule has 0 radical (unpaired) electrons. The predicted molar refractivity (Wildman–Crippen MR) is 86.1 cm³/mol. The summed E-state index contributed by atoms with van der Waals surface area (Å²) >= 11 is 3.57. The van der Waals surface area contributed by atoms with E-state index in [-0.39, 0.29) is 5.60 Å². The molecule has 1 aromatic rings. The summed E-state index contributed by atoms with van der Waals surface area (Å²) in [6.45, 7) is 5.30. The third-order valence-electron chi connectivity index (χ3n) is 4.57. The molecule has 2 unspecified atom stereocenters. The van der Waals surface area contributed by atoms with Crippen LogP contribution in [-0.4, -0.2) is 24.3 Å². The van der Waals surface area contributed by atoms with Gasteiger partial charge in [-0.05, 0) is 69.2 Å². The molecule has 1 heterocycles. The minimum absolute atomic E-state index is 0.0351. The van der Waals surface area contributed by atoms with Crippen LogP contribution in [0.15, 0.2) is 22.7 Å². The van der Waals surface area contributed by atoms with Crippen LogP contribution in [0.5, 0.6) is 0 Å². The molecule has 0 aromatic heterocycles. The van der Waals surface area contributed by atoms with Crippen molar-refractivity contribution in [2.75, 3.05) is 6.61 Å². The van der Waals surface area contributed by atoms with E-state index in [1.165, 1.54) is 34.9 Å². The van der Waals surface area contributed by atoms with Gasteiger partial charge >= 0.3 is 0 Å². The molecule has 2 aliphatic rings. The summed E-state index contributed by atoms with van der Waals surface area (Å²) < 4.78 is 7.01. The fourth-order valence-electron chi connectivity index (χ4n) is 3.57. The van der Waals surface area contributed by atoms with Gasteiger partial charge in [0.25, 0.3) is 0 Å². The summed E-state index contributed by atoms with van der Waals surface area (Å²) in [5, 5.41) is 3.88. The van der Waals surface area contributed by atoms with E-state index in [0.29, 0.717) is 12.1 Å². The molecule has 20 heavy (non-hydrogen) atoms. The first-order chi connectivity index (χ1) is 9.52. The molecule has 1 N–H and O–H groups in total. The molecule has 1 fully saturated rings. The number of halogens is 1. The fourth-order valence-corrected chi connectivity index (χ4v) is 3.98. The first-order valence-corrected chi connectivity index (χ1v) is 8.48. The van der Waals surface area contributed by atoms with Gasteiger partial charge in [0.2, 0.25) is 0 Å². The number of ether oxygens (including phenoxy) is 1. The molecular weight excluding hydrogens is 314 g/mol. The van der Waals surface area contributed by atoms with Crippen molar-refractivity contribution < 1.29 is 4.74 Å². The highest BCUT2D eigenvalue weighted by Gasteiger charge is 2.30. The molecular formula is C17H24BrNO. The van der Waals surface area contributed by atoms with Gasteiger partial charge in [0.15, 0.2) is 0 Å². The fraction of sp³-hybridized carbons (Fsp3) is 0.647. The van der Waals surface area contributed by atoms with Crippen LogP contribution in [0, 0.1) is 0 Å². The van der Waals surface area contributed by atoms with Gasteiger partial charge in [0.1, 0.15) is 0 Å². The lowest BCUT2D eigenvalue weighted by Crippen LogP contribution is -2.48. The highest BCUT2D eigenvalue weighted by molar-refractivity contribution is 9.10. The van der Waals surface area contributed by atoms with Crippen LogP contribution in [0.1, 0.15) is 44.2 Å². The summed E-state index contributed by atoms with van der Waals surface area (Å²) in [7, 11) is 0. The minimum Gasteiger partial charge on any atom is -0.375 e. The quantitative estimate of drug-likeness (QED) is 0.884. The molecule has 110 valence electrons. The molecule has 0 bridgehead atoms. The first-order valence-electron chi connectivity index (χ1n) is 7.69. The summed E-state index contributed by atoms with van der Waals surface area (Å²) in [5.41, 5.74) is 3.07. The number of hydrogen-bond donors (Lipinski definition) is 1. The van der Waals surface area contributed by atoms with Crippen molar-refractivity contribution >= 4 is 15.9 Å². The maximum absolute atomic E-state index is 5.81. The molecule has 3 heteroatoms. The molecule has 0 spiro atoms. The topological polar surface area (TPSA) is 21.3 Å². The number of rotatable bonds is 2. The van der Waals surface area contributed by atoms with Crippen LogP contribution >= 0.6 is 15.9 Å². The minimum atomic E-state index is 0.0351. The maximum atomic E-state index is 5.81. The van der Waals surface area contributed by atoms with Crippen LogP contribution in [0.4, 0.5) is 0 Å². The van der Waals surface area contributed by atoms with Crippen LogP contribution < -0.4 is 5.32 Å². The van der Waals surface area contributed by atoms with Crippen molar-refractivity contribution in [2.45, 2.75) is 63.6 Å². The van der Waals surface area contributed by atoms with Gasteiger partial charge in [-0.2, -0.15) is 0 Å². The zero-order chi connectivity index (χ0) is 14.2. The Morgan fingerprint density at radius 1 is 1.20 bits per heavy atom. The monoisotopic (exact) mass is 337 g/mol. The number of benzene rings is 1. The Bertz CT molecular complexity index is 486. The van der Waals surface area contributed by atoms with Crippen molar-refractivity contribution in [1.29, 1.82) is 0 Å². The van der Waals surface area contributed by atoms with E-state index in [2.05, 4.69) is 53.3 Å². The lowest BCUT2D eigenvalue weighted by Gasteiger charge is -2.38. The van der Waals surface area contributed by atoms with Crippen molar-refractivity contribution in [3.05, 3.63) is 33.8 Å². The van der Waals surface area contributed by atoms with Gasteiger partial charge in [-0.25, -0.2) is 0 Å². The average molecular weight is 338 g/mol. The lowest BCUT2D eigenvalue weighted by molar-refractivity contribution is -0.0643. The largest absolute Gasteiger partial charge is 0.375 e. The van der Waals surface area contributed by atoms with Gasteiger partial charge in [-0.15, -0.1) is 0 Å². The number of hydrogen-bond acceptors (Lipinski definition) is 2. The summed E-state index contributed by atoms with van der Waals surface area (Å²) in [6.07, 6.45) is 5.88. The van der Waals surface area contributed by atoms with E-state index in [1.807, 2.05) is 0 Å². The van der Waals surface area contributed by atoms with Crippen molar-refractivity contribution in [1.82, 2.24) is 5.32 Å². The van der Waals surface area contributed by atoms with Crippen LogP contribution in [0.3, 0.4) is 0 Å². The van der Waals surface area contributed by atoms with Crippen molar-refractivity contribution in [2.24, 2.45) is 0 Å². The van der Waals surface area contributed by atoms with Crippen LogP contribution in [-0.2, 0) is 17.6 Å². The second-order valence-electron chi connectivity index (χ2n) is 6.82. The average Bonchev–Trinajstić information content (AvgIpc) is 2.38. The van der Waals surface area contributed by atoms with E-state index in [4.69, 9.17) is 4.74 Å². The van der Waals surface area contributed by atoms with Gasteiger partial charge in [0.05, 0.1) is 5.60 Å². The van der Waals surface area contributed by atoms with Gasteiger partial charge < -0.3 is 10.1 Å². The Morgan fingerprint density at radius 2 is 2.05 bits per heavy atom. The molecule has 3 rings (SSSR count). The zero-order valence-corrected chi connectivity index (χ0v) is 14.0. The van der Waals surface area contributed by atoms with E-state index < -0.39 is 0 Å². The molecule has 1 aromatic carbocycles. The molecule has 1 aliphatic carbocycles. The maximum Gasteiger partial charge on any atom is 0.0641 e. The first kappa shape index (κ1) is 14.6. The van der Waals surface area contributed by atoms with Crippen LogP contribution in [0.2, 0.25) is 0 Å². The Balaban J connectivity index is 1.61. The van der Waals surface area contributed by atoms with Gasteiger partial charge in [0, 0.05) is 23.2 Å². The molecule has 2 atom stereocenters. The Labute approximate surface area is 130 Å². The van der Waals surface area contributed by atoms with E-state index in [0.717, 1.165) is 19.4 Å². The smallest absolute Gasteiger partial charge is 0.0641 e. The third kappa shape index (κ3) is 3.44. The molecule has 1 saturated heterocycles. The van der Waals surface area contributed by atoms with Gasteiger partial charge in [-0.3, -0.25) is 0 Å².